The predicted octanol–water partition coefficient (Wildman–Crippen LogP) is 6.13. The Morgan fingerprint density at radius 2 is 1.66 bits per heavy atom. The minimum absolute atomic E-state index is 0.0839. The Bertz CT molecular complexity index is 971. The second-order valence-corrected chi connectivity index (χ2v) is 9.76. The summed E-state index contributed by atoms with van der Waals surface area (Å²) in [5.41, 5.74) is 3.17. The van der Waals surface area contributed by atoms with Gasteiger partial charge in [-0.2, -0.15) is 0 Å². The number of aromatic carboxylic acids is 1. The van der Waals surface area contributed by atoms with Gasteiger partial charge in [0.05, 0.1) is 12.2 Å². The van der Waals surface area contributed by atoms with E-state index in [-0.39, 0.29) is 17.4 Å². The highest BCUT2D eigenvalue weighted by atomic mass is 16.5. The summed E-state index contributed by atoms with van der Waals surface area (Å²) in [5, 5.41) is 9.64. The maximum Gasteiger partial charge on any atom is 0.335 e. The van der Waals surface area contributed by atoms with E-state index in [2.05, 4.69) is 24.0 Å². The van der Waals surface area contributed by atoms with Crippen LogP contribution in [0.4, 0.5) is 5.69 Å². The highest BCUT2D eigenvalue weighted by molar-refractivity contribution is 5.96. The van der Waals surface area contributed by atoms with Crippen molar-refractivity contribution in [2.75, 3.05) is 24.6 Å². The van der Waals surface area contributed by atoms with Crippen LogP contribution in [0.1, 0.15) is 80.8 Å². The van der Waals surface area contributed by atoms with Gasteiger partial charge in [0.2, 0.25) is 5.91 Å². The van der Waals surface area contributed by atoms with Gasteiger partial charge in [-0.25, -0.2) is 4.79 Å². The fraction of sp³-hybridized carbons (Fsp3) is 0.517. The Balaban J connectivity index is 1.92. The Kier molecular flexibility index (Phi) is 10.2. The third kappa shape index (κ3) is 7.82. The number of hydrogen-bond acceptors (Lipinski definition) is 4. The molecule has 1 aliphatic rings. The van der Waals surface area contributed by atoms with Crippen LogP contribution in [0, 0.1) is 5.92 Å². The van der Waals surface area contributed by atoms with Gasteiger partial charge in [-0.15, -0.1) is 0 Å². The number of carbonyl (C=O) groups is 2. The van der Waals surface area contributed by atoms with E-state index in [1.54, 1.807) is 12.1 Å². The molecule has 1 heterocycles. The smallest absolute Gasteiger partial charge is 0.335 e. The molecule has 6 heteroatoms. The van der Waals surface area contributed by atoms with E-state index in [1.165, 1.54) is 5.56 Å². The summed E-state index contributed by atoms with van der Waals surface area (Å²) in [6.07, 6.45) is 6.43. The predicted molar refractivity (Wildman–Crippen MR) is 140 cm³/mol. The molecule has 0 fully saturated rings. The quantitative estimate of drug-likeness (QED) is 0.516. The number of ether oxygens (including phenoxy) is 1. The van der Waals surface area contributed by atoms with Crippen LogP contribution in [0.2, 0.25) is 0 Å². The molecule has 0 radical (unpaired) electrons. The van der Waals surface area contributed by atoms with Crippen molar-refractivity contribution in [3.63, 3.8) is 0 Å². The SMILES string of the molecule is CCCOc1ccc(CN2CCCCCCCN(C(=O)C(C)C)c3ccc(C(=O)O)cc3C2)cc1. The molecule has 2 aromatic rings. The molecule has 1 N–H and O–H groups in total. The number of carboxylic acids is 1. The van der Waals surface area contributed by atoms with Crippen molar-refractivity contribution >= 4 is 17.6 Å². The first-order valence-corrected chi connectivity index (χ1v) is 13.0. The van der Waals surface area contributed by atoms with Gasteiger partial charge in [0.25, 0.3) is 0 Å². The lowest BCUT2D eigenvalue weighted by atomic mass is 10.0. The zero-order chi connectivity index (χ0) is 25.2. The lowest BCUT2D eigenvalue weighted by molar-refractivity contribution is -0.121. The minimum Gasteiger partial charge on any atom is -0.494 e. The Morgan fingerprint density at radius 3 is 2.31 bits per heavy atom. The van der Waals surface area contributed by atoms with Gasteiger partial charge in [0.1, 0.15) is 5.75 Å². The van der Waals surface area contributed by atoms with Crippen LogP contribution in [0.5, 0.6) is 5.75 Å². The number of rotatable bonds is 7. The van der Waals surface area contributed by atoms with Crippen molar-refractivity contribution < 1.29 is 19.4 Å². The van der Waals surface area contributed by atoms with Gasteiger partial charge < -0.3 is 14.7 Å². The van der Waals surface area contributed by atoms with Gasteiger partial charge in [0.15, 0.2) is 0 Å². The van der Waals surface area contributed by atoms with Gasteiger partial charge in [0, 0.05) is 31.2 Å². The number of hydrogen-bond donors (Lipinski definition) is 1. The summed E-state index contributed by atoms with van der Waals surface area (Å²) >= 11 is 0. The molecular formula is C29H40N2O4. The molecule has 190 valence electrons. The van der Waals surface area contributed by atoms with Crippen LogP contribution in [-0.4, -0.2) is 41.6 Å². The summed E-state index contributed by atoms with van der Waals surface area (Å²) in [5.74, 6) is -0.112. The third-order valence-electron chi connectivity index (χ3n) is 6.43. The van der Waals surface area contributed by atoms with Crippen LogP contribution in [-0.2, 0) is 17.9 Å². The van der Waals surface area contributed by atoms with Crippen LogP contribution in [0.25, 0.3) is 0 Å². The number of anilines is 1. The van der Waals surface area contributed by atoms with Crippen LogP contribution in [0.3, 0.4) is 0 Å². The maximum atomic E-state index is 13.2. The molecule has 0 bridgehead atoms. The monoisotopic (exact) mass is 480 g/mol. The fourth-order valence-corrected chi connectivity index (χ4v) is 4.53. The zero-order valence-corrected chi connectivity index (χ0v) is 21.5. The summed E-state index contributed by atoms with van der Waals surface area (Å²) in [4.78, 5) is 29.2. The van der Waals surface area contributed by atoms with Gasteiger partial charge in [-0.3, -0.25) is 9.69 Å². The van der Waals surface area contributed by atoms with Crippen molar-refractivity contribution in [3.8, 4) is 5.75 Å². The standard InChI is InChI=1S/C29H40N2O4/c1-4-18-35-26-13-10-23(11-14-26)20-30-16-8-6-5-7-9-17-31(28(32)22(2)3)27-15-12-24(29(33)34)19-25(27)21-30/h10-15,19,22H,4-9,16-18,20-21H2,1-3H3,(H,33,34). The molecule has 0 unspecified atom stereocenters. The minimum atomic E-state index is -0.949. The van der Waals surface area contributed by atoms with Crippen molar-refractivity contribution in [2.24, 2.45) is 5.92 Å². The molecule has 6 nitrogen and oxygen atoms in total. The average Bonchev–Trinajstić information content (AvgIpc) is 2.84. The molecule has 3 rings (SSSR count). The molecule has 1 amide bonds. The Morgan fingerprint density at radius 1 is 0.971 bits per heavy atom. The maximum absolute atomic E-state index is 13.2. The number of fused-ring (bicyclic) bond motifs is 1. The van der Waals surface area contributed by atoms with Crippen molar-refractivity contribution in [1.29, 1.82) is 0 Å². The second-order valence-electron chi connectivity index (χ2n) is 9.76. The highest BCUT2D eigenvalue weighted by Crippen LogP contribution is 2.28. The molecule has 1 aliphatic heterocycles. The van der Waals surface area contributed by atoms with Gasteiger partial charge in [-0.05, 0) is 67.3 Å². The molecule has 0 aromatic heterocycles. The van der Waals surface area contributed by atoms with E-state index in [9.17, 15) is 14.7 Å². The van der Waals surface area contributed by atoms with E-state index in [0.29, 0.717) is 19.7 Å². The number of benzene rings is 2. The fourth-order valence-electron chi connectivity index (χ4n) is 4.53. The first-order chi connectivity index (χ1) is 16.9. The molecule has 0 saturated heterocycles. The Hall–Kier alpha value is -2.86. The van der Waals surface area contributed by atoms with E-state index >= 15 is 0 Å². The van der Waals surface area contributed by atoms with E-state index in [1.807, 2.05) is 36.9 Å². The molecule has 0 spiro atoms. The van der Waals surface area contributed by atoms with Gasteiger partial charge in [-0.1, -0.05) is 52.2 Å². The zero-order valence-electron chi connectivity index (χ0n) is 21.5. The Labute approximate surface area is 209 Å². The summed E-state index contributed by atoms with van der Waals surface area (Å²) in [7, 11) is 0. The number of nitrogens with zero attached hydrogens (tertiary/aromatic N) is 2. The number of carbonyl (C=O) groups excluding carboxylic acids is 1. The van der Waals surface area contributed by atoms with E-state index < -0.39 is 5.97 Å². The first kappa shape index (κ1) is 26.7. The summed E-state index contributed by atoms with van der Waals surface area (Å²) in [6, 6.07) is 13.4. The van der Waals surface area contributed by atoms with Crippen LogP contribution < -0.4 is 9.64 Å². The summed E-state index contributed by atoms with van der Waals surface area (Å²) in [6.45, 7) is 9.57. The topological polar surface area (TPSA) is 70.1 Å². The van der Waals surface area contributed by atoms with Crippen LogP contribution >= 0.6 is 0 Å². The lowest BCUT2D eigenvalue weighted by Gasteiger charge is -2.30. The normalized spacial score (nSPS) is 15.7. The second kappa shape index (κ2) is 13.3. The number of amides is 1. The van der Waals surface area contributed by atoms with Gasteiger partial charge >= 0.3 is 5.97 Å². The third-order valence-corrected chi connectivity index (χ3v) is 6.43. The average molecular weight is 481 g/mol. The molecular weight excluding hydrogens is 440 g/mol. The first-order valence-electron chi connectivity index (χ1n) is 13.0. The van der Waals surface area contributed by atoms with Crippen LogP contribution in [0.15, 0.2) is 42.5 Å². The van der Waals surface area contributed by atoms with Crippen molar-refractivity contribution in [3.05, 3.63) is 59.2 Å². The molecule has 0 atom stereocenters. The molecule has 35 heavy (non-hydrogen) atoms. The lowest BCUT2D eigenvalue weighted by Crippen LogP contribution is -2.37. The molecule has 0 aliphatic carbocycles. The van der Waals surface area contributed by atoms with Crippen molar-refractivity contribution in [2.45, 2.75) is 72.4 Å². The van der Waals surface area contributed by atoms with E-state index in [0.717, 1.165) is 68.6 Å². The molecule has 0 saturated carbocycles. The van der Waals surface area contributed by atoms with Crippen molar-refractivity contribution in [1.82, 2.24) is 4.90 Å². The largest absolute Gasteiger partial charge is 0.494 e. The molecule has 2 aromatic carbocycles. The summed E-state index contributed by atoms with van der Waals surface area (Å²) < 4.78 is 5.72. The highest BCUT2D eigenvalue weighted by Gasteiger charge is 2.23. The van der Waals surface area contributed by atoms with E-state index in [4.69, 9.17) is 4.74 Å². The number of carboxylic acid groups (broad SMARTS) is 1.